The van der Waals surface area contributed by atoms with E-state index < -0.39 is 0 Å². The molecule has 2 heterocycles. The molecular weight excluding hydrogens is 256 g/mol. The highest BCUT2D eigenvalue weighted by molar-refractivity contribution is 5.75. The topological polar surface area (TPSA) is 77.6 Å². The van der Waals surface area contributed by atoms with Crippen molar-refractivity contribution in [1.29, 1.82) is 0 Å². The van der Waals surface area contributed by atoms with Gasteiger partial charge in [0.25, 0.3) is 0 Å². The molecule has 0 aromatic carbocycles. The number of aromatic nitrogens is 5. The number of nitrogens with one attached hydrogen (secondary N) is 1. The Labute approximate surface area is 118 Å². The van der Waals surface area contributed by atoms with Gasteiger partial charge in [0.15, 0.2) is 0 Å². The quantitative estimate of drug-likeness (QED) is 0.807. The molecule has 0 spiro atoms. The first-order valence-corrected chi connectivity index (χ1v) is 6.75. The number of rotatable bonds is 7. The lowest BCUT2D eigenvalue weighted by molar-refractivity contribution is -0.121. The minimum absolute atomic E-state index is 0.0617. The number of carbonyl (C=O) groups excluding carboxylic acids is 1. The van der Waals surface area contributed by atoms with Gasteiger partial charge in [0.1, 0.15) is 12.7 Å². The minimum Gasteiger partial charge on any atom is -0.354 e. The Bertz CT molecular complexity index is 545. The van der Waals surface area contributed by atoms with Gasteiger partial charge in [0, 0.05) is 25.2 Å². The van der Waals surface area contributed by atoms with Gasteiger partial charge in [-0.15, -0.1) is 0 Å². The predicted molar refractivity (Wildman–Crippen MR) is 74.0 cm³/mol. The second-order valence-electron chi connectivity index (χ2n) is 4.76. The highest BCUT2D eigenvalue weighted by Crippen LogP contribution is 2.03. The molecule has 0 unspecified atom stereocenters. The maximum Gasteiger partial charge on any atom is 0.220 e. The Kier molecular flexibility index (Phi) is 4.86. The Hall–Kier alpha value is -2.18. The van der Waals surface area contributed by atoms with E-state index in [0.717, 1.165) is 24.4 Å². The lowest BCUT2D eigenvalue weighted by atomic mass is 10.3. The van der Waals surface area contributed by atoms with E-state index in [2.05, 4.69) is 20.5 Å². The number of hydrogen-bond donors (Lipinski definition) is 1. The van der Waals surface area contributed by atoms with Crippen LogP contribution in [0.4, 0.5) is 0 Å². The number of carbonyl (C=O) groups is 1. The van der Waals surface area contributed by atoms with Crippen molar-refractivity contribution >= 4 is 5.91 Å². The normalized spacial score (nSPS) is 10.7. The van der Waals surface area contributed by atoms with Gasteiger partial charge < -0.3 is 5.32 Å². The smallest absolute Gasteiger partial charge is 0.220 e. The van der Waals surface area contributed by atoms with Crippen LogP contribution in [0.15, 0.2) is 18.7 Å². The Morgan fingerprint density at radius 2 is 2.20 bits per heavy atom. The molecular formula is C13H20N6O. The number of aryl methyl sites for hydroxylation is 3. The number of hydrogen-bond acceptors (Lipinski definition) is 4. The summed E-state index contributed by atoms with van der Waals surface area (Å²) >= 11 is 0. The van der Waals surface area contributed by atoms with E-state index >= 15 is 0 Å². The lowest BCUT2D eigenvalue weighted by Crippen LogP contribution is -2.27. The van der Waals surface area contributed by atoms with Gasteiger partial charge in [0.05, 0.1) is 12.2 Å². The van der Waals surface area contributed by atoms with Crippen LogP contribution >= 0.6 is 0 Å². The zero-order valence-corrected chi connectivity index (χ0v) is 11.9. The zero-order chi connectivity index (χ0) is 14.4. The second kappa shape index (κ2) is 6.83. The summed E-state index contributed by atoms with van der Waals surface area (Å²) < 4.78 is 3.63. The average molecular weight is 276 g/mol. The SMILES string of the molecule is Cc1cc(C)n(CCCC(=O)NCCn2cncn2)n1. The number of nitrogens with zero attached hydrogens (tertiary/aromatic N) is 5. The van der Waals surface area contributed by atoms with E-state index in [-0.39, 0.29) is 5.91 Å². The molecule has 0 saturated heterocycles. The summed E-state index contributed by atoms with van der Waals surface area (Å²) in [5.74, 6) is 0.0617. The summed E-state index contributed by atoms with van der Waals surface area (Å²) in [7, 11) is 0. The van der Waals surface area contributed by atoms with E-state index in [1.54, 1.807) is 11.0 Å². The fourth-order valence-corrected chi connectivity index (χ4v) is 2.04. The van der Waals surface area contributed by atoms with E-state index in [4.69, 9.17) is 0 Å². The minimum atomic E-state index is 0.0617. The second-order valence-corrected chi connectivity index (χ2v) is 4.76. The molecule has 0 bridgehead atoms. The van der Waals surface area contributed by atoms with E-state index in [9.17, 15) is 4.79 Å². The van der Waals surface area contributed by atoms with Gasteiger partial charge >= 0.3 is 0 Å². The zero-order valence-electron chi connectivity index (χ0n) is 11.9. The van der Waals surface area contributed by atoms with Crippen LogP contribution in [0.1, 0.15) is 24.2 Å². The van der Waals surface area contributed by atoms with Crippen LogP contribution in [0.3, 0.4) is 0 Å². The first-order valence-electron chi connectivity index (χ1n) is 6.75. The van der Waals surface area contributed by atoms with Crippen LogP contribution in [0.2, 0.25) is 0 Å². The fourth-order valence-electron chi connectivity index (χ4n) is 2.04. The molecule has 7 nitrogen and oxygen atoms in total. The average Bonchev–Trinajstić information content (AvgIpc) is 3.00. The van der Waals surface area contributed by atoms with Gasteiger partial charge in [-0.2, -0.15) is 10.2 Å². The van der Waals surface area contributed by atoms with Crippen molar-refractivity contribution in [2.24, 2.45) is 0 Å². The van der Waals surface area contributed by atoms with Crippen molar-refractivity contribution in [1.82, 2.24) is 29.9 Å². The molecule has 108 valence electrons. The van der Waals surface area contributed by atoms with Crippen LogP contribution < -0.4 is 5.32 Å². The van der Waals surface area contributed by atoms with Crippen LogP contribution in [0, 0.1) is 13.8 Å². The summed E-state index contributed by atoms with van der Waals surface area (Å²) in [6.07, 6.45) is 4.41. The molecule has 1 amide bonds. The summed E-state index contributed by atoms with van der Waals surface area (Å²) in [5, 5.41) is 11.2. The number of amides is 1. The third kappa shape index (κ3) is 4.18. The van der Waals surface area contributed by atoms with E-state index in [1.165, 1.54) is 6.33 Å². The lowest BCUT2D eigenvalue weighted by Gasteiger charge is -2.06. The molecule has 0 fully saturated rings. The molecule has 0 aliphatic carbocycles. The van der Waals surface area contributed by atoms with Crippen LogP contribution in [-0.2, 0) is 17.9 Å². The molecule has 2 aromatic heterocycles. The van der Waals surface area contributed by atoms with E-state index in [0.29, 0.717) is 19.5 Å². The van der Waals surface area contributed by atoms with Gasteiger partial charge in [-0.1, -0.05) is 0 Å². The van der Waals surface area contributed by atoms with Crippen molar-refractivity contribution < 1.29 is 4.79 Å². The molecule has 7 heteroatoms. The molecule has 0 aliphatic rings. The van der Waals surface area contributed by atoms with Crippen molar-refractivity contribution in [2.45, 2.75) is 39.8 Å². The van der Waals surface area contributed by atoms with Gasteiger partial charge in [-0.05, 0) is 26.3 Å². The summed E-state index contributed by atoms with van der Waals surface area (Å²) in [6, 6.07) is 2.04. The van der Waals surface area contributed by atoms with Crippen LogP contribution in [0.25, 0.3) is 0 Å². The predicted octanol–water partition coefficient (Wildman–Crippen LogP) is 0.688. The Morgan fingerprint density at radius 3 is 2.85 bits per heavy atom. The van der Waals surface area contributed by atoms with Crippen molar-refractivity contribution in [3.05, 3.63) is 30.1 Å². The third-order valence-electron chi connectivity index (χ3n) is 3.01. The standard InChI is InChI=1S/C13H20N6O/c1-11-8-12(2)19(17-11)6-3-4-13(20)15-5-7-18-10-14-9-16-18/h8-10H,3-7H2,1-2H3,(H,15,20). The third-order valence-corrected chi connectivity index (χ3v) is 3.01. The fraction of sp³-hybridized carbons (Fsp3) is 0.538. The summed E-state index contributed by atoms with van der Waals surface area (Å²) in [4.78, 5) is 15.5. The molecule has 2 aromatic rings. The first kappa shape index (κ1) is 14.2. The van der Waals surface area contributed by atoms with Gasteiger partial charge in [-0.3, -0.25) is 14.2 Å². The van der Waals surface area contributed by atoms with Crippen molar-refractivity contribution in [3.8, 4) is 0 Å². The maximum absolute atomic E-state index is 11.7. The molecule has 2 rings (SSSR count). The van der Waals surface area contributed by atoms with Gasteiger partial charge in [-0.25, -0.2) is 4.98 Å². The summed E-state index contributed by atoms with van der Waals surface area (Å²) in [6.45, 7) is 5.99. The Morgan fingerprint density at radius 1 is 1.35 bits per heavy atom. The maximum atomic E-state index is 11.7. The first-order chi connectivity index (χ1) is 9.65. The highest BCUT2D eigenvalue weighted by Gasteiger charge is 2.04. The van der Waals surface area contributed by atoms with Gasteiger partial charge in [0.2, 0.25) is 5.91 Å². The highest BCUT2D eigenvalue weighted by atomic mass is 16.1. The summed E-state index contributed by atoms with van der Waals surface area (Å²) in [5.41, 5.74) is 2.15. The van der Waals surface area contributed by atoms with E-state index in [1.807, 2.05) is 24.6 Å². The molecule has 1 N–H and O–H groups in total. The van der Waals surface area contributed by atoms with Crippen LogP contribution in [0.5, 0.6) is 0 Å². The van der Waals surface area contributed by atoms with Crippen LogP contribution in [-0.4, -0.2) is 37.0 Å². The monoisotopic (exact) mass is 276 g/mol. The molecule has 0 aliphatic heterocycles. The largest absolute Gasteiger partial charge is 0.354 e. The Balaban J connectivity index is 1.61. The van der Waals surface area contributed by atoms with Crippen molar-refractivity contribution in [2.75, 3.05) is 6.54 Å². The molecule has 0 radical (unpaired) electrons. The molecule has 0 atom stereocenters. The van der Waals surface area contributed by atoms with Crippen molar-refractivity contribution in [3.63, 3.8) is 0 Å². The molecule has 20 heavy (non-hydrogen) atoms. The molecule has 0 saturated carbocycles.